The zero-order valence-electron chi connectivity index (χ0n) is 12.4. The van der Waals surface area contributed by atoms with E-state index in [1.54, 1.807) is 0 Å². The van der Waals surface area contributed by atoms with Crippen molar-refractivity contribution in [1.29, 1.82) is 0 Å². The quantitative estimate of drug-likeness (QED) is 0.744. The van der Waals surface area contributed by atoms with E-state index in [4.69, 9.17) is 0 Å². The fourth-order valence-corrected chi connectivity index (χ4v) is 4.65. The van der Waals surface area contributed by atoms with E-state index in [1.807, 2.05) is 12.1 Å². The number of carboxylic acid groups (broad SMARTS) is 1. The fraction of sp³-hybridized carbons (Fsp3) is 0.588. The fourth-order valence-electron chi connectivity index (χ4n) is 4.29. The van der Waals surface area contributed by atoms with Crippen LogP contribution in [-0.4, -0.2) is 41.3 Å². The maximum atomic E-state index is 12.5. The van der Waals surface area contributed by atoms with Gasteiger partial charge in [0.1, 0.15) is 0 Å². The smallest absolute Gasteiger partial charge is 0.308 e. The molecule has 3 nitrogen and oxygen atoms in total. The van der Waals surface area contributed by atoms with Crippen molar-refractivity contribution in [2.75, 3.05) is 13.2 Å². The predicted molar refractivity (Wildman–Crippen MR) is 91.8 cm³/mol. The lowest BCUT2D eigenvalue weighted by atomic mass is 9.76. The molecule has 0 aromatic heterocycles. The van der Waals surface area contributed by atoms with Crippen LogP contribution < -0.4 is 0 Å². The summed E-state index contributed by atoms with van der Waals surface area (Å²) in [6.45, 7) is 0.364. The van der Waals surface area contributed by atoms with Gasteiger partial charge in [-0.2, -0.15) is 0 Å². The van der Waals surface area contributed by atoms with Crippen molar-refractivity contribution in [2.45, 2.75) is 43.7 Å². The number of hydrogen-bond acceptors (Lipinski definition) is 2. The maximum absolute atomic E-state index is 12.5. The molecule has 3 rings (SSSR count). The van der Waals surface area contributed by atoms with E-state index in [2.05, 4.69) is 39.6 Å². The summed E-state index contributed by atoms with van der Waals surface area (Å²) in [5, 5.41) is 9.79. The van der Waals surface area contributed by atoms with E-state index in [0.717, 1.165) is 28.4 Å². The van der Waals surface area contributed by atoms with Crippen molar-refractivity contribution in [3.8, 4) is 0 Å². The lowest BCUT2D eigenvalue weighted by Crippen LogP contribution is -2.51. The number of nitrogens with zero attached hydrogens (tertiary/aromatic N) is 1. The van der Waals surface area contributed by atoms with Crippen LogP contribution in [0.3, 0.4) is 0 Å². The highest BCUT2D eigenvalue weighted by atomic mass is 127. The van der Waals surface area contributed by atoms with Gasteiger partial charge >= 0.3 is 5.97 Å². The van der Waals surface area contributed by atoms with Gasteiger partial charge in [0.25, 0.3) is 0 Å². The molecule has 0 saturated carbocycles. The average Bonchev–Trinajstić information content (AvgIpc) is 2.76. The largest absolute Gasteiger partial charge is 0.481 e. The second-order valence-electron chi connectivity index (χ2n) is 6.34. The molecule has 1 N–H and O–H groups in total. The lowest BCUT2D eigenvalue weighted by molar-refractivity contribution is -0.146. The van der Waals surface area contributed by atoms with Crippen LogP contribution >= 0.6 is 22.6 Å². The summed E-state index contributed by atoms with van der Waals surface area (Å²) in [6.07, 6.45) is 3.35. The maximum Gasteiger partial charge on any atom is 0.308 e. The molecule has 5 heteroatoms. The van der Waals surface area contributed by atoms with Crippen LogP contribution in [0.1, 0.15) is 37.2 Å². The number of piperidine rings is 1. The molecule has 2 aliphatic heterocycles. The van der Waals surface area contributed by atoms with Gasteiger partial charge in [0.05, 0.1) is 12.6 Å². The first-order valence-corrected chi connectivity index (χ1v) is 8.99. The van der Waals surface area contributed by atoms with Gasteiger partial charge in [-0.15, -0.1) is 0 Å². The van der Waals surface area contributed by atoms with Gasteiger partial charge in [-0.3, -0.25) is 14.1 Å². The Kier molecular flexibility index (Phi) is 5.02. The van der Waals surface area contributed by atoms with Crippen molar-refractivity contribution < 1.29 is 14.3 Å². The van der Waals surface area contributed by atoms with Gasteiger partial charge in [0.2, 0.25) is 0 Å². The molecule has 2 fully saturated rings. The highest BCUT2D eigenvalue weighted by Crippen LogP contribution is 2.47. The van der Waals surface area contributed by atoms with Gasteiger partial charge < -0.3 is 5.11 Å². The van der Waals surface area contributed by atoms with E-state index in [9.17, 15) is 14.3 Å². The summed E-state index contributed by atoms with van der Waals surface area (Å²) in [7, 11) is 0. The van der Waals surface area contributed by atoms with Crippen molar-refractivity contribution in [2.24, 2.45) is 5.92 Å². The molecule has 0 aliphatic carbocycles. The number of carbonyl (C=O) groups is 1. The Morgan fingerprint density at radius 3 is 2.68 bits per heavy atom. The Morgan fingerprint density at radius 1 is 1.32 bits per heavy atom. The zero-order valence-corrected chi connectivity index (χ0v) is 14.6. The molecule has 120 valence electrons. The number of fused-ring (bicyclic) bond motifs is 2. The van der Waals surface area contributed by atoms with Crippen molar-refractivity contribution in [3.63, 3.8) is 0 Å². The van der Waals surface area contributed by atoms with Crippen LogP contribution in [0.5, 0.6) is 0 Å². The number of carboxylic acids is 1. The molecule has 0 spiro atoms. The Labute approximate surface area is 144 Å². The summed E-state index contributed by atoms with van der Waals surface area (Å²) >= 11 is 2.26. The molecule has 2 saturated heterocycles. The average molecular weight is 417 g/mol. The molecule has 4 atom stereocenters. The first-order valence-electron chi connectivity index (χ1n) is 7.91. The molecule has 0 radical (unpaired) electrons. The third-order valence-electron chi connectivity index (χ3n) is 5.20. The van der Waals surface area contributed by atoms with Crippen LogP contribution in [-0.2, 0) is 4.79 Å². The second-order valence-corrected chi connectivity index (χ2v) is 7.58. The molecule has 0 unspecified atom stereocenters. The van der Waals surface area contributed by atoms with Gasteiger partial charge in [-0.05, 0) is 66.0 Å². The molecule has 1 aromatic carbocycles. The van der Waals surface area contributed by atoms with Crippen LogP contribution in [0.25, 0.3) is 0 Å². The van der Waals surface area contributed by atoms with E-state index in [-0.39, 0.29) is 24.6 Å². The van der Waals surface area contributed by atoms with Gasteiger partial charge in [0, 0.05) is 28.1 Å². The number of rotatable bonds is 5. The molecular formula is C17H21FINO2. The zero-order chi connectivity index (χ0) is 15.7. The molecule has 2 bridgehead atoms. The Morgan fingerprint density at radius 2 is 2.05 bits per heavy atom. The molecule has 2 aliphatic rings. The molecular weight excluding hydrogens is 396 g/mol. The lowest BCUT2D eigenvalue weighted by Gasteiger charge is -2.43. The first-order chi connectivity index (χ1) is 10.6. The topological polar surface area (TPSA) is 40.5 Å². The summed E-state index contributed by atoms with van der Waals surface area (Å²) in [4.78, 5) is 14.2. The number of benzene rings is 1. The van der Waals surface area contributed by atoms with Crippen LogP contribution in [0.15, 0.2) is 24.3 Å². The Bertz CT molecular complexity index is 536. The normalized spacial score (nSPS) is 31.4. The third kappa shape index (κ3) is 3.02. The van der Waals surface area contributed by atoms with Crippen molar-refractivity contribution in [1.82, 2.24) is 4.90 Å². The highest BCUT2D eigenvalue weighted by Gasteiger charge is 2.50. The minimum atomic E-state index is -0.709. The summed E-state index contributed by atoms with van der Waals surface area (Å²) in [5.74, 6) is -1.01. The van der Waals surface area contributed by atoms with E-state index in [0.29, 0.717) is 19.0 Å². The van der Waals surface area contributed by atoms with Crippen molar-refractivity contribution >= 4 is 28.6 Å². The predicted octanol–water partition coefficient (Wildman–Crippen LogP) is 3.67. The van der Waals surface area contributed by atoms with E-state index < -0.39 is 5.97 Å². The number of aliphatic carboxylic acids is 1. The second kappa shape index (κ2) is 6.83. The van der Waals surface area contributed by atoms with Crippen LogP contribution in [0, 0.1) is 9.49 Å². The summed E-state index contributed by atoms with van der Waals surface area (Å²) < 4.78 is 13.7. The van der Waals surface area contributed by atoms with E-state index >= 15 is 0 Å². The first kappa shape index (κ1) is 16.2. The van der Waals surface area contributed by atoms with Gasteiger partial charge in [-0.1, -0.05) is 12.1 Å². The number of hydrogen-bond donors (Lipinski definition) is 1. The van der Waals surface area contributed by atoms with Gasteiger partial charge in [0.15, 0.2) is 0 Å². The summed E-state index contributed by atoms with van der Waals surface area (Å²) in [6, 6.07) is 8.71. The number of halogens is 2. The Balaban J connectivity index is 1.87. The third-order valence-corrected chi connectivity index (χ3v) is 5.92. The van der Waals surface area contributed by atoms with E-state index in [1.165, 1.54) is 0 Å². The van der Waals surface area contributed by atoms with Gasteiger partial charge in [-0.25, -0.2) is 0 Å². The molecule has 2 heterocycles. The monoisotopic (exact) mass is 417 g/mol. The van der Waals surface area contributed by atoms with Crippen molar-refractivity contribution in [3.05, 3.63) is 33.4 Å². The number of alkyl halides is 1. The standard InChI is InChI=1S/C17H21FINO2/c18-8-1-9-20-13-6-7-15(20)16(17(21)22)14(10-13)11-2-4-12(19)5-3-11/h2-5,13-16H,1,6-10H2,(H,21,22)/t13-,14+,15+,16-/m0/s1. The SMILES string of the molecule is O=C(O)[C@H]1[C@@H](c2ccc(I)cc2)C[C@@H]2CC[C@H]1N2CCCF. The molecule has 22 heavy (non-hydrogen) atoms. The molecule has 1 aromatic rings. The van der Waals surface area contributed by atoms with Crippen LogP contribution in [0.4, 0.5) is 4.39 Å². The minimum absolute atomic E-state index is 0.0621. The Hall–Kier alpha value is -0.690. The summed E-state index contributed by atoms with van der Waals surface area (Å²) in [5.41, 5.74) is 1.13. The minimum Gasteiger partial charge on any atom is -0.481 e. The molecule has 0 amide bonds. The van der Waals surface area contributed by atoms with Crippen LogP contribution in [0.2, 0.25) is 0 Å². The highest BCUT2D eigenvalue weighted by molar-refractivity contribution is 14.1.